The number of carbonyl (C=O) groups excluding carboxylic acids is 2. The van der Waals surface area contributed by atoms with Crippen molar-refractivity contribution in [2.45, 2.75) is 89.3 Å². The monoisotopic (exact) mass is 437 g/mol. The smallest absolute Gasteiger partial charge is 0.338 e. The summed E-state index contributed by atoms with van der Waals surface area (Å²) in [5, 5.41) is 11.0. The summed E-state index contributed by atoms with van der Waals surface area (Å²) in [6.07, 6.45) is 5.67. The standard InChI is InChI=1S/C24H32F2O5/c1-23(2,18-10-6-7-11-18)31-19-14-12-17(13-15-19)21(27)30-20(24(25,26)22(28)29)16-8-4-3-5-9-16/h12-16,18,20H,3-11H2,1-2H3,(H,28,29)/p-1. The summed E-state index contributed by atoms with van der Waals surface area (Å²) >= 11 is 0. The van der Waals surface area contributed by atoms with Crippen LogP contribution < -0.4 is 9.84 Å². The molecule has 1 aromatic carbocycles. The molecule has 2 fully saturated rings. The fraction of sp³-hybridized carbons (Fsp3) is 0.667. The van der Waals surface area contributed by atoms with Crippen LogP contribution in [-0.2, 0) is 9.53 Å². The minimum absolute atomic E-state index is 0.0704. The molecule has 7 heteroatoms. The van der Waals surface area contributed by atoms with Crippen molar-refractivity contribution in [2.24, 2.45) is 11.8 Å². The molecular formula is C24H31F2O5-. The van der Waals surface area contributed by atoms with Crippen LogP contribution >= 0.6 is 0 Å². The number of hydrogen-bond donors (Lipinski definition) is 0. The molecule has 2 aliphatic carbocycles. The minimum atomic E-state index is -4.24. The summed E-state index contributed by atoms with van der Waals surface area (Å²) in [5.41, 5.74) is -0.276. The first-order chi connectivity index (χ1) is 14.6. The van der Waals surface area contributed by atoms with E-state index >= 15 is 0 Å². The average Bonchev–Trinajstić information content (AvgIpc) is 3.28. The number of rotatable bonds is 8. The molecular weight excluding hydrogens is 406 g/mol. The quantitative estimate of drug-likeness (QED) is 0.559. The van der Waals surface area contributed by atoms with Gasteiger partial charge in [-0.2, -0.15) is 8.78 Å². The fourth-order valence-corrected chi connectivity index (χ4v) is 4.87. The minimum Gasteiger partial charge on any atom is -0.544 e. The predicted molar refractivity (Wildman–Crippen MR) is 109 cm³/mol. The Morgan fingerprint density at radius 2 is 1.52 bits per heavy atom. The van der Waals surface area contributed by atoms with E-state index in [4.69, 9.17) is 9.47 Å². The molecule has 172 valence electrons. The summed E-state index contributed by atoms with van der Waals surface area (Å²) in [5.74, 6) is -7.41. The number of carboxylic acids is 1. The molecule has 0 saturated heterocycles. The molecule has 31 heavy (non-hydrogen) atoms. The van der Waals surface area contributed by atoms with Gasteiger partial charge in [-0.05, 0) is 69.7 Å². The van der Waals surface area contributed by atoms with Gasteiger partial charge in [-0.25, -0.2) is 4.79 Å². The van der Waals surface area contributed by atoms with E-state index < -0.39 is 29.9 Å². The van der Waals surface area contributed by atoms with Gasteiger partial charge >= 0.3 is 11.9 Å². The zero-order valence-corrected chi connectivity index (χ0v) is 18.2. The Morgan fingerprint density at radius 3 is 2.06 bits per heavy atom. The highest BCUT2D eigenvalue weighted by molar-refractivity contribution is 5.90. The number of hydrogen-bond acceptors (Lipinski definition) is 5. The number of esters is 1. The normalized spacial score (nSPS) is 19.7. The Labute approximate surface area is 182 Å². The maximum Gasteiger partial charge on any atom is 0.338 e. The van der Waals surface area contributed by atoms with Gasteiger partial charge in [0.1, 0.15) is 17.3 Å². The van der Waals surface area contributed by atoms with Gasteiger partial charge < -0.3 is 19.4 Å². The number of aliphatic carboxylic acids is 1. The molecule has 1 atom stereocenters. The summed E-state index contributed by atoms with van der Waals surface area (Å²) < 4.78 is 39.8. The van der Waals surface area contributed by atoms with Crippen LogP contribution in [0.2, 0.25) is 0 Å². The predicted octanol–water partition coefficient (Wildman–Crippen LogP) is 4.53. The second kappa shape index (κ2) is 9.53. The van der Waals surface area contributed by atoms with Gasteiger partial charge in [0.15, 0.2) is 6.10 Å². The second-order valence-electron chi connectivity index (χ2n) is 9.35. The fourth-order valence-electron chi connectivity index (χ4n) is 4.87. The first-order valence-corrected chi connectivity index (χ1v) is 11.2. The molecule has 0 radical (unpaired) electrons. The van der Waals surface area contributed by atoms with Crippen molar-refractivity contribution in [1.82, 2.24) is 0 Å². The average molecular weight is 438 g/mol. The number of halogens is 2. The highest BCUT2D eigenvalue weighted by atomic mass is 19.3. The molecule has 0 bridgehead atoms. The molecule has 0 amide bonds. The molecule has 2 aliphatic rings. The largest absolute Gasteiger partial charge is 0.544 e. The van der Waals surface area contributed by atoms with Gasteiger partial charge in [0.25, 0.3) is 0 Å². The van der Waals surface area contributed by atoms with Crippen molar-refractivity contribution in [3.8, 4) is 5.75 Å². The van der Waals surface area contributed by atoms with Crippen LogP contribution in [0.3, 0.4) is 0 Å². The maximum atomic E-state index is 14.3. The molecule has 1 unspecified atom stereocenters. The lowest BCUT2D eigenvalue weighted by Gasteiger charge is -2.35. The number of carbonyl (C=O) groups is 2. The summed E-state index contributed by atoms with van der Waals surface area (Å²) in [7, 11) is 0. The van der Waals surface area contributed by atoms with Crippen LogP contribution in [0.4, 0.5) is 8.78 Å². The van der Waals surface area contributed by atoms with E-state index in [0.29, 0.717) is 37.4 Å². The van der Waals surface area contributed by atoms with Gasteiger partial charge in [-0.1, -0.05) is 32.1 Å². The first-order valence-electron chi connectivity index (χ1n) is 11.2. The Kier molecular flexibility index (Phi) is 7.22. The van der Waals surface area contributed by atoms with Crippen molar-refractivity contribution >= 4 is 11.9 Å². The van der Waals surface area contributed by atoms with E-state index in [2.05, 4.69) is 0 Å². The van der Waals surface area contributed by atoms with Crippen molar-refractivity contribution in [2.75, 3.05) is 0 Å². The number of ether oxygens (including phenoxy) is 2. The van der Waals surface area contributed by atoms with E-state index in [9.17, 15) is 23.5 Å². The molecule has 5 nitrogen and oxygen atoms in total. The van der Waals surface area contributed by atoms with E-state index in [1.165, 1.54) is 25.0 Å². The van der Waals surface area contributed by atoms with Gasteiger partial charge in [0.2, 0.25) is 0 Å². The second-order valence-corrected chi connectivity index (χ2v) is 9.35. The molecule has 0 aromatic heterocycles. The first kappa shape index (κ1) is 23.5. The third-order valence-corrected chi connectivity index (χ3v) is 6.75. The zero-order chi connectivity index (χ0) is 22.6. The third kappa shape index (κ3) is 5.55. The SMILES string of the molecule is CC(C)(Oc1ccc(C(=O)OC(C2CCCCC2)C(F)(F)C(=O)[O-])cc1)C1CCCC1. The topological polar surface area (TPSA) is 75.7 Å². The molecule has 3 rings (SSSR count). The lowest BCUT2D eigenvalue weighted by atomic mass is 9.83. The van der Waals surface area contributed by atoms with Crippen LogP contribution in [0.1, 0.15) is 82.0 Å². The molecule has 0 N–H and O–H groups in total. The Bertz CT molecular complexity index is 763. The van der Waals surface area contributed by atoms with E-state index in [1.54, 1.807) is 12.1 Å². The zero-order valence-electron chi connectivity index (χ0n) is 18.2. The van der Waals surface area contributed by atoms with Crippen molar-refractivity contribution in [3.05, 3.63) is 29.8 Å². The lowest BCUT2D eigenvalue weighted by Crippen LogP contribution is -2.54. The Balaban J connectivity index is 1.69. The van der Waals surface area contributed by atoms with Crippen LogP contribution in [0.15, 0.2) is 24.3 Å². The Morgan fingerprint density at radius 1 is 0.968 bits per heavy atom. The van der Waals surface area contributed by atoms with Gasteiger partial charge in [0.05, 0.1) is 5.56 Å². The lowest BCUT2D eigenvalue weighted by molar-refractivity contribution is -0.337. The molecule has 1 aromatic rings. The molecule has 2 saturated carbocycles. The molecule has 0 aliphatic heterocycles. The van der Waals surface area contributed by atoms with E-state index in [0.717, 1.165) is 19.3 Å². The van der Waals surface area contributed by atoms with Crippen LogP contribution in [0.5, 0.6) is 5.75 Å². The van der Waals surface area contributed by atoms with Gasteiger partial charge in [0, 0.05) is 5.92 Å². The molecule has 0 heterocycles. The number of carboxylic acid groups (broad SMARTS) is 1. The highest BCUT2D eigenvalue weighted by Crippen LogP contribution is 2.38. The maximum absolute atomic E-state index is 14.3. The van der Waals surface area contributed by atoms with Crippen molar-refractivity contribution in [3.63, 3.8) is 0 Å². The van der Waals surface area contributed by atoms with Crippen molar-refractivity contribution < 1.29 is 33.0 Å². The summed E-state index contributed by atoms with van der Waals surface area (Å²) in [4.78, 5) is 23.6. The van der Waals surface area contributed by atoms with Crippen LogP contribution in [0, 0.1) is 11.8 Å². The summed E-state index contributed by atoms with van der Waals surface area (Å²) in [6, 6.07) is 6.13. The van der Waals surface area contributed by atoms with Gasteiger partial charge in [-0.3, -0.25) is 0 Å². The summed E-state index contributed by atoms with van der Waals surface area (Å²) in [6.45, 7) is 4.09. The number of alkyl halides is 2. The number of benzene rings is 1. The third-order valence-electron chi connectivity index (χ3n) is 6.75. The van der Waals surface area contributed by atoms with Crippen LogP contribution in [0.25, 0.3) is 0 Å². The Hall–Kier alpha value is -2.18. The molecule has 0 spiro atoms. The van der Waals surface area contributed by atoms with E-state index in [1.807, 2.05) is 13.8 Å². The van der Waals surface area contributed by atoms with Crippen LogP contribution in [-0.4, -0.2) is 29.6 Å². The van der Waals surface area contributed by atoms with Crippen molar-refractivity contribution in [1.29, 1.82) is 0 Å². The highest BCUT2D eigenvalue weighted by Gasteiger charge is 2.48. The van der Waals surface area contributed by atoms with Gasteiger partial charge in [-0.15, -0.1) is 0 Å². The van der Waals surface area contributed by atoms with E-state index in [-0.39, 0.29) is 11.2 Å².